The van der Waals surface area contributed by atoms with Crippen molar-refractivity contribution in [3.05, 3.63) is 0 Å². The van der Waals surface area contributed by atoms with Crippen LogP contribution < -0.4 is 5.73 Å². The fourth-order valence-corrected chi connectivity index (χ4v) is 1.26. The van der Waals surface area contributed by atoms with E-state index in [9.17, 15) is 26.3 Å². The van der Waals surface area contributed by atoms with Gasteiger partial charge in [0.25, 0.3) is 0 Å². The van der Waals surface area contributed by atoms with Crippen molar-refractivity contribution in [3.63, 3.8) is 0 Å². The van der Waals surface area contributed by atoms with Crippen LogP contribution in [0, 0.1) is 11.3 Å². The van der Waals surface area contributed by atoms with E-state index in [1.165, 1.54) is 6.92 Å². The molecule has 0 saturated heterocycles. The van der Waals surface area contributed by atoms with E-state index in [4.69, 9.17) is 11.0 Å². The smallest absolute Gasteiger partial charge is 0.358 e. The molecule has 3 nitrogen and oxygen atoms in total. The van der Waals surface area contributed by atoms with Gasteiger partial charge in [-0.1, -0.05) is 0 Å². The normalized spacial score (nSPS) is 18.3. The van der Waals surface area contributed by atoms with Gasteiger partial charge >= 0.3 is 12.4 Å². The molecule has 0 aromatic rings. The van der Waals surface area contributed by atoms with E-state index >= 15 is 0 Å². The summed E-state index contributed by atoms with van der Waals surface area (Å²) in [6.45, 7) is 2.18. The average Bonchev–Trinajstić information content (AvgIpc) is 2.10. The minimum Gasteiger partial charge on any atom is -0.358 e. The van der Waals surface area contributed by atoms with E-state index in [1.54, 1.807) is 6.07 Å². The van der Waals surface area contributed by atoms with Crippen molar-refractivity contribution < 1.29 is 31.1 Å². The molecule has 0 spiro atoms. The first-order valence-electron chi connectivity index (χ1n) is 4.78. The second-order valence-corrected chi connectivity index (χ2v) is 4.14. The Balaban J connectivity index is 4.78. The number of halogens is 6. The Labute approximate surface area is 99.5 Å². The van der Waals surface area contributed by atoms with Gasteiger partial charge in [-0.3, -0.25) is 0 Å². The molecule has 0 amide bonds. The summed E-state index contributed by atoms with van der Waals surface area (Å²) in [6.07, 6.45) is -16.9. The molecule has 9 heteroatoms. The molecule has 0 aromatic carbocycles. The van der Waals surface area contributed by atoms with Crippen LogP contribution in [0.25, 0.3) is 0 Å². The maximum Gasteiger partial charge on any atom is 0.423 e. The van der Waals surface area contributed by atoms with Gasteiger partial charge in [-0.05, 0) is 13.8 Å². The Hall–Kier alpha value is -1.01. The topological polar surface area (TPSA) is 59.0 Å². The molecule has 0 saturated carbocycles. The van der Waals surface area contributed by atoms with Gasteiger partial charge in [0.05, 0.1) is 12.2 Å². The molecule has 2 unspecified atom stereocenters. The minimum absolute atomic E-state index is 0.452. The lowest BCUT2D eigenvalue weighted by atomic mass is 9.98. The van der Waals surface area contributed by atoms with Gasteiger partial charge in [0.15, 0.2) is 0 Å². The third-order valence-corrected chi connectivity index (χ3v) is 1.93. The monoisotopic (exact) mass is 278 g/mol. The third kappa shape index (κ3) is 5.55. The molecule has 0 aliphatic heterocycles. The number of rotatable bonds is 4. The average molecular weight is 278 g/mol. The van der Waals surface area contributed by atoms with E-state index in [1.807, 2.05) is 0 Å². The summed E-state index contributed by atoms with van der Waals surface area (Å²) in [5.74, 6) is 0. The zero-order valence-corrected chi connectivity index (χ0v) is 9.56. The molecule has 18 heavy (non-hydrogen) atoms. The zero-order valence-electron chi connectivity index (χ0n) is 9.56. The first-order chi connectivity index (χ1) is 7.79. The third-order valence-electron chi connectivity index (χ3n) is 1.93. The highest BCUT2D eigenvalue weighted by molar-refractivity contribution is 5.02. The van der Waals surface area contributed by atoms with Gasteiger partial charge in [0.1, 0.15) is 5.54 Å². The first-order valence-corrected chi connectivity index (χ1v) is 4.78. The summed E-state index contributed by atoms with van der Waals surface area (Å²) in [6, 6.07) is 1.56. The highest BCUT2D eigenvalue weighted by Crippen LogP contribution is 2.36. The molecule has 0 radical (unpaired) electrons. The largest absolute Gasteiger partial charge is 0.423 e. The fourth-order valence-electron chi connectivity index (χ4n) is 1.26. The molecule has 0 bridgehead atoms. The molecule has 0 rings (SSSR count). The van der Waals surface area contributed by atoms with E-state index in [-0.39, 0.29) is 0 Å². The van der Waals surface area contributed by atoms with Crippen LogP contribution in [-0.2, 0) is 4.74 Å². The van der Waals surface area contributed by atoms with Crippen molar-refractivity contribution in [1.29, 1.82) is 5.26 Å². The fraction of sp³-hybridized carbons (Fsp3) is 0.889. The Morgan fingerprint density at radius 1 is 1.17 bits per heavy atom. The highest BCUT2D eigenvalue weighted by atomic mass is 19.4. The maximum absolute atomic E-state index is 12.1. The number of alkyl halides is 6. The lowest BCUT2D eigenvalue weighted by Gasteiger charge is -2.28. The molecule has 2 N–H and O–H groups in total. The van der Waals surface area contributed by atoms with Gasteiger partial charge in [-0.15, -0.1) is 0 Å². The van der Waals surface area contributed by atoms with Gasteiger partial charge in [0, 0.05) is 6.42 Å². The molecule has 0 heterocycles. The van der Waals surface area contributed by atoms with Crippen molar-refractivity contribution in [3.8, 4) is 6.07 Å². The quantitative estimate of drug-likeness (QED) is 0.804. The molecular weight excluding hydrogens is 266 g/mol. The molecule has 0 aliphatic rings. The predicted octanol–water partition coefficient (Wildman–Crippen LogP) is 2.52. The Kier molecular flexibility index (Phi) is 5.02. The highest BCUT2D eigenvalue weighted by Gasteiger charge is 2.58. The second-order valence-electron chi connectivity index (χ2n) is 4.14. The van der Waals surface area contributed by atoms with Gasteiger partial charge in [-0.2, -0.15) is 31.6 Å². The van der Waals surface area contributed by atoms with Crippen LogP contribution in [0.3, 0.4) is 0 Å². The summed E-state index contributed by atoms with van der Waals surface area (Å²) < 4.78 is 76.8. The number of nitrogens with two attached hydrogens (primary N) is 1. The van der Waals surface area contributed by atoms with Crippen molar-refractivity contribution in [2.75, 3.05) is 0 Å². The van der Waals surface area contributed by atoms with Crippen molar-refractivity contribution in [1.82, 2.24) is 0 Å². The number of ether oxygens (including phenoxy) is 1. The van der Waals surface area contributed by atoms with Gasteiger partial charge in [-0.25, -0.2) is 0 Å². The number of hydrogen-bond donors (Lipinski definition) is 1. The van der Waals surface area contributed by atoms with Crippen LogP contribution in [0.4, 0.5) is 26.3 Å². The predicted molar refractivity (Wildman–Crippen MR) is 49.3 cm³/mol. The number of nitrogens with zero attached hydrogens (tertiary/aromatic N) is 1. The lowest BCUT2D eigenvalue weighted by Crippen LogP contribution is -2.48. The maximum atomic E-state index is 12.1. The molecular formula is C9H12F6N2O. The van der Waals surface area contributed by atoms with Crippen LogP contribution in [0.2, 0.25) is 0 Å². The second kappa shape index (κ2) is 5.32. The van der Waals surface area contributed by atoms with Crippen LogP contribution >= 0.6 is 0 Å². The van der Waals surface area contributed by atoms with Crippen LogP contribution in [0.5, 0.6) is 0 Å². The first kappa shape index (κ1) is 17.0. The zero-order chi connectivity index (χ0) is 14.8. The van der Waals surface area contributed by atoms with Gasteiger partial charge in [0.2, 0.25) is 6.10 Å². The SMILES string of the molecule is CC(CC(C)(N)C#N)OC(C(F)(F)F)C(F)(F)F. The van der Waals surface area contributed by atoms with Crippen LogP contribution in [0.15, 0.2) is 0 Å². The van der Waals surface area contributed by atoms with Crippen LogP contribution in [-0.4, -0.2) is 30.1 Å². The number of nitriles is 1. The van der Waals surface area contributed by atoms with E-state index < -0.39 is 36.5 Å². The molecule has 0 fully saturated rings. The molecule has 0 aliphatic carbocycles. The van der Waals surface area contributed by atoms with E-state index in [2.05, 4.69) is 4.74 Å². The Bertz CT molecular complexity index is 302. The van der Waals surface area contributed by atoms with Crippen LogP contribution in [0.1, 0.15) is 20.3 Å². The summed E-state index contributed by atoms with van der Waals surface area (Å²) in [5.41, 5.74) is 3.75. The van der Waals surface area contributed by atoms with Crippen molar-refractivity contribution >= 4 is 0 Å². The van der Waals surface area contributed by atoms with Crippen molar-refractivity contribution in [2.45, 2.75) is 50.4 Å². The standard InChI is InChI=1S/C9H12F6N2O/c1-5(3-7(2,17)4-16)18-6(8(10,11)12)9(13,14)15/h5-6H,3,17H2,1-2H3. The molecule has 2 atom stereocenters. The lowest BCUT2D eigenvalue weighted by molar-refractivity contribution is -0.330. The number of hydrogen-bond acceptors (Lipinski definition) is 3. The molecule has 0 aromatic heterocycles. The van der Waals surface area contributed by atoms with E-state index in [0.717, 1.165) is 6.92 Å². The van der Waals surface area contributed by atoms with Gasteiger partial charge < -0.3 is 10.5 Å². The minimum atomic E-state index is -5.57. The molecule has 106 valence electrons. The van der Waals surface area contributed by atoms with E-state index in [0.29, 0.717) is 0 Å². The summed E-state index contributed by atoms with van der Waals surface area (Å²) in [5, 5.41) is 8.52. The Morgan fingerprint density at radius 3 is 1.83 bits per heavy atom. The van der Waals surface area contributed by atoms with Crippen molar-refractivity contribution in [2.24, 2.45) is 5.73 Å². The summed E-state index contributed by atoms with van der Waals surface area (Å²) in [7, 11) is 0. The summed E-state index contributed by atoms with van der Waals surface area (Å²) in [4.78, 5) is 0. The summed E-state index contributed by atoms with van der Waals surface area (Å²) >= 11 is 0. The Morgan fingerprint density at radius 2 is 1.56 bits per heavy atom.